The maximum atomic E-state index is 12.6. The first kappa shape index (κ1) is 21.9. The smallest absolute Gasteiger partial charge is 0.234 e. The summed E-state index contributed by atoms with van der Waals surface area (Å²) in [5, 5.41) is 3.69. The summed E-state index contributed by atoms with van der Waals surface area (Å²) in [4.78, 5) is 19.3. The Labute approximate surface area is 188 Å². The van der Waals surface area contributed by atoms with Crippen molar-refractivity contribution in [2.24, 2.45) is 4.99 Å². The standard InChI is InChI=1S/C23H27N3O3S2/c1-14-8-9-18(10-16(14)3)26-21-13-31(28,29)12-20(21)25-23(26)30-11-22(27)24-19-7-5-6-15(2)17(19)4/h5-10,20-21H,11-13H2,1-4H3,(H,24,27)/t20-,21+/m1/s1. The molecule has 2 atom stereocenters. The molecule has 2 aromatic carbocycles. The van der Waals surface area contributed by atoms with E-state index < -0.39 is 9.84 Å². The van der Waals surface area contributed by atoms with Gasteiger partial charge in [0.2, 0.25) is 5.91 Å². The van der Waals surface area contributed by atoms with Crippen molar-refractivity contribution >= 4 is 44.0 Å². The molecule has 0 spiro atoms. The predicted molar refractivity (Wildman–Crippen MR) is 129 cm³/mol. The molecule has 1 N–H and O–H groups in total. The van der Waals surface area contributed by atoms with E-state index in [-0.39, 0.29) is 35.2 Å². The molecular weight excluding hydrogens is 430 g/mol. The highest BCUT2D eigenvalue weighted by atomic mass is 32.2. The summed E-state index contributed by atoms with van der Waals surface area (Å²) in [6.07, 6.45) is 0. The fraction of sp³-hybridized carbons (Fsp3) is 0.391. The van der Waals surface area contributed by atoms with Crippen LogP contribution in [0.25, 0.3) is 0 Å². The Morgan fingerprint density at radius 3 is 2.61 bits per heavy atom. The maximum absolute atomic E-state index is 12.6. The third kappa shape index (κ3) is 4.50. The molecule has 2 aliphatic rings. The van der Waals surface area contributed by atoms with Gasteiger partial charge in [-0.05, 0) is 68.1 Å². The van der Waals surface area contributed by atoms with Crippen molar-refractivity contribution in [3.63, 3.8) is 0 Å². The number of carbonyl (C=O) groups is 1. The van der Waals surface area contributed by atoms with Gasteiger partial charge in [-0.2, -0.15) is 0 Å². The third-order valence-corrected chi connectivity index (χ3v) is 8.75. The predicted octanol–water partition coefficient (Wildman–Crippen LogP) is 3.63. The molecule has 8 heteroatoms. The van der Waals surface area contributed by atoms with E-state index in [1.807, 2.05) is 62.9 Å². The second kappa shape index (κ2) is 8.31. The molecule has 6 nitrogen and oxygen atoms in total. The monoisotopic (exact) mass is 457 g/mol. The van der Waals surface area contributed by atoms with Gasteiger partial charge in [-0.25, -0.2) is 8.42 Å². The fourth-order valence-electron chi connectivity index (χ4n) is 4.01. The number of sulfone groups is 1. The summed E-state index contributed by atoms with van der Waals surface area (Å²) >= 11 is 1.36. The zero-order chi connectivity index (χ0) is 22.3. The van der Waals surface area contributed by atoms with E-state index in [1.54, 1.807) is 0 Å². The van der Waals surface area contributed by atoms with Crippen LogP contribution in [0.15, 0.2) is 41.4 Å². The van der Waals surface area contributed by atoms with E-state index in [9.17, 15) is 13.2 Å². The van der Waals surface area contributed by atoms with Gasteiger partial charge in [-0.3, -0.25) is 9.79 Å². The lowest BCUT2D eigenvalue weighted by atomic mass is 10.1. The van der Waals surface area contributed by atoms with Gasteiger partial charge >= 0.3 is 0 Å². The van der Waals surface area contributed by atoms with Crippen molar-refractivity contribution < 1.29 is 13.2 Å². The van der Waals surface area contributed by atoms with Crippen molar-refractivity contribution in [2.75, 3.05) is 27.5 Å². The van der Waals surface area contributed by atoms with E-state index in [2.05, 4.69) is 11.4 Å². The molecular formula is C23H27N3O3S2. The van der Waals surface area contributed by atoms with Crippen molar-refractivity contribution in [3.05, 3.63) is 58.7 Å². The molecule has 0 aliphatic carbocycles. The SMILES string of the molecule is Cc1ccc(N2C(SCC(=O)Nc3cccc(C)c3C)=N[C@@H]3CS(=O)(=O)C[C@@H]32)cc1C. The number of hydrogen-bond acceptors (Lipinski definition) is 6. The van der Waals surface area contributed by atoms with Crippen LogP contribution < -0.4 is 10.2 Å². The number of amides is 1. The molecule has 0 radical (unpaired) electrons. The molecule has 2 heterocycles. The number of anilines is 2. The van der Waals surface area contributed by atoms with Crippen molar-refractivity contribution in [1.82, 2.24) is 0 Å². The Morgan fingerprint density at radius 2 is 1.87 bits per heavy atom. The number of hydrogen-bond donors (Lipinski definition) is 1. The average Bonchev–Trinajstić information content (AvgIpc) is 3.17. The lowest BCUT2D eigenvalue weighted by molar-refractivity contribution is -0.113. The summed E-state index contributed by atoms with van der Waals surface area (Å²) in [5.74, 6) is 0.260. The van der Waals surface area contributed by atoms with Gasteiger partial charge in [0.25, 0.3) is 0 Å². The second-order valence-corrected chi connectivity index (χ2v) is 11.4. The lowest BCUT2D eigenvalue weighted by Crippen LogP contribution is -2.39. The highest BCUT2D eigenvalue weighted by Crippen LogP contribution is 2.35. The number of nitrogens with one attached hydrogen (secondary N) is 1. The zero-order valence-electron chi connectivity index (χ0n) is 18.2. The number of nitrogens with zero attached hydrogens (tertiary/aromatic N) is 2. The quantitative estimate of drug-likeness (QED) is 0.758. The Balaban J connectivity index is 1.53. The number of thioether (sulfide) groups is 1. The topological polar surface area (TPSA) is 78.8 Å². The zero-order valence-corrected chi connectivity index (χ0v) is 19.8. The van der Waals surface area contributed by atoms with Gasteiger partial charge < -0.3 is 10.2 Å². The van der Waals surface area contributed by atoms with Crippen LogP contribution in [0.4, 0.5) is 11.4 Å². The summed E-state index contributed by atoms with van der Waals surface area (Å²) < 4.78 is 24.4. The minimum Gasteiger partial charge on any atom is -0.325 e. The van der Waals surface area contributed by atoms with Crippen LogP contribution in [0, 0.1) is 27.7 Å². The molecule has 1 fully saturated rings. The van der Waals surface area contributed by atoms with E-state index in [0.29, 0.717) is 5.17 Å². The van der Waals surface area contributed by atoms with Crippen LogP contribution in [0.3, 0.4) is 0 Å². The molecule has 0 saturated carbocycles. The molecule has 1 amide bonds. The van der Waals surface area contributed by atoms with Crippen LogP contribution in [0.2, 0.25) is 0 Å². The Kier molecular flexibility index (Phi) is 5.87. The Morgan fingerprint density at radius 1 is 1.10 bits per heavy atom. The van der Waals surface area contributed by atoms with Gasteiger partial charge in [0.05, 0.1) is 29.3 Å². The molecule has 0 unspecified atom stereocenters. The van der Waals surface area contributed by atoms with Crippen molar-refractivity contribution in [1.29, 1.82) is 0 Å². The van der Waals surface area contributed by atoms with Crippen molar-refractivity contribution in [3.8, 4) is 0 Å². The van der Waals surface area contributed by atoms with E-state index in [1.165, 1.54) is 17.3 Å². The van der Waals surface area contributed by atoms with Crippen LogP contribution >= 0.6 is 11.8 Å². The van der Waals surface area contributed by atoms with E-state index in [0.717, 1.165) is 28.1 Å². The summed E-state index contributed by atoms with van der Waals surface area (Å²) in [6.45, 7) is 8.09. The first-order chi connectivity index (χ1) is 14.6. The summed E-state index contributed by atoms with van der Waals surface area (Å²) in [6, 6.07) is 11.5. The number of aliphatic imine (C=N–C) groups is 1. The molecule has 0 aromatic heterocycles. The Hall–Kier alpha value is -2.32. The number of amidine groups is 1. The third-order valence-electron chi connectivity index (χ3n) is 6.09. The summed E-state index contributed by atoms with van der Waals surface area (Å²) in [5.41, 5.74) is 6.23. The molecule has 164 valence electrons. The fourth-order valence-corrected chi connectivity index (χ4v) is 6.78. The van der Waals surface area contributed by atoms with E-state index >= 15 is 0 Å². The number of aryl methyl sites for hydroxylation is 3. The highest BCUT2D eigenvalue weighted by Gasteiger charge is 2.47. The van der Waals surface area contributed by atoms with Crippen LogP contribution in [-0.4, -0.2) is 48.8 Å². The van der Waals surface area contributed by atoms with Crippen LogP contribution in [-0.2, 0) is 14.6 Å². The number of fused-ring (bicyclic) bond motifs is 1. The average molecular weight is 458 g/mol. The Bertz CT molecular complexity index is 1170. The molecule has 2 aromatic rings. The minimum absolute atomic E-state index is 0.0672. The van der Waals surface area contributed by atoms with Gasteiger partial charge in [0.15, 0.2) is 15.0 Å². The maximum Gasteiger partial charge on any atom is 0.234 e. The highest BCUT2D eigenvalue weighted by molar-refractivity contribution is 8.14. The van der Waals surface area contributed by atoms with Gasteiger partial charge in [0, 0.05) is 11.4 Å². The molecule has 4 rings (SSSR count). The molecule has 0 bridgehead atoms. The molecule has 2 aliphatic heterocycles. The summed E-state index contributed by atoms with van der Waals surface area (Å²) in [7, 11) is -3.11. The van der Waals surface area contributed by atoms with Crippen molar-refractivity contribution in [2.45, 2.75) is 39.8 Å². The minimum atomic E-state index is -3.11. The number of benzene rings is 2. The first-order valence-electron chi connectivity index (χ1n) is 10.3. The second-order valence-electron chi connectivity index (χ2n) is 8.35. The van der Waals surface area contributed by atoms with Gasteiger partial charge in [-0.15, -0.1) is 0 Å². The van der Waals surface area contributed by atoms with Gasteiger partial charge in [-0.1, -0.05) is 30.0 Å². The first-order valence-corrected chi connectivity index (χ1v) is 13.1. The number of rotatable bonds is 4. The normalized spacial score (nSPS) is 21.7. The van der Waals surface area contributed by atoms with Crippen LogP contribution in [0.5, 0.6) is 0 Å². The largest absolute Gasteiger partial charge is 0.325 e. The van der Waals surface area contributed by atoms with Crippen LogP contribution in [0.1, 0.15) is 22.3 Å². The van der Waals surface area contributed by atoms with Gasteiger partial charge in [0.1, 0.15) is 0 Å². The lowest BCUT2D eigenvalue weighted by Gasteiger charge is -2.27. The number of carbonyl (C=O) groups excluding carboxylic acids is 1. The van der Waals surface area contributed by atoms with E-state index in [4.69, 9.17) is 4.99 Å². The molecule has 31 heavy (non-hydrogen) atoms. The molecule has 1 saturated heterocycles.